The molecule has 0 amide bonds. The first-order chi connectivity index (χ1) is 11.9. The van der Waals surface area contributed by atoms with Gasteiger partial charge in [-0.2, -0.15) is 0 Å². The zero-order valence-corrected chi connectivity index (χ0v) is 14.6. The Morgan fingerprint density at radius 1 is 1.00 bits per heavy atom. The normalized spacial score (nSPS) is 19.4. The van der Waals surface area contributed by atoms with E-state index in [1.54, 1.807) is 18.2 Å². The maximum atomic E-state index is 12.1. The van der Waals surface area contributed by atoms with Crippen LogP contribution in [0.2, 0.25) is 0 Å². The van der Waals surface area contributed by atoms with Crippen molar-refractivity contribution in [3.05, 3.63) is 70.8 Å². The number of carbonyl (C=O) groups excluding carboxylic acids is 2. The number of Topliss-reactive ketones (excluding diaryl/α,β-unsaturated/α-hetero) is 2. The summed E-state index contributed by atoms with van der Waals surface area (Å²) in [7, 11) is 0. The smallest absolute Gasteiger partial charge is 0.160 e. The Bertz CT molecular complexity index is 794. The predicted molar refractivity (Wildman–Crippen MR) is 96.9 cm³/mol. The van der Waals surface area contributed by atoms with Gasteiger partial charge in [0.1, 0.15) is 5.60 Å². The average Bonchev–Trinajstić information content (AvgIpc) is 3.16. The molecule has 3 rings (SSSR count). The number of benzene rings is 2. The Hall–Kier alpha value is -2.30. The summed E-state index contributed by atoms with van der Waals surface area (Å²) in [6.07, 6.45) is 1.83. The van der Waals surface area contributed by atoms with Gasteiger partial charge in [-0.15, -0.1) is 0 Å². The molecule has 0 radical (unpaired) electrons. The van der Waals surface area contributed by atoms with Gasteiger partial charge in [0.15, 0.2) is 11.6 Å². The summed E-state index contributed by atoms with van der Waals surface area (Å²) >= 11 is 0. The van der Waals surface area contributed by atoms with Gasteiger partial charge in [-0.05, 0) is 50.4 Å². The van der Waals surface area contributed by atoms with Crippen molar-refractivity contribution >= 4 is 11.6 Å². The van der Waals surface area contributed by atoms with Crippen LogP contribution in [0, 0.1) is 0 Å². The van der Waals surface area contributed by atoms with Crippen molar-refractivity contribution in [2.45, 2.75) is 38.3 Å². The Balaban J connectivity index is 2.19. The van der Waals surface area contributed by atoms with Crippen molar-refractivity contribution < 1.29 is 14.7 Å². The first-order valence-electron chi connectivity index (χ1n) is 8.62. The van der Waals surface area contributed by atoms with E-state index >= 15 is 0 Å². The molecular formula is C21H23NO3. The third-order valence-corrected chi connectivity index (χ3v) is 5.00. The van der Waals surface area contributed by atoms with Gasteiger partial charge >= 0.3 is 0 Å². The molecule has 0 aromatic heterocycles. The molecule has 2 atom stereocenters. The summed E-state index contributed by atoms with van der Waals surface area (Å²) in [5, 5.41) is 15.1. The van der Waals surface area contributed by atoms with Crippen LogP contribution in [0.1, 0.15) is 58.5 Å². The van der Waals surface area contributed by atoms with Gasteiger partial charge in [0.05, 0.1) is 0 Å². The van der Waals surface area contributed by atoms with Crippen LogP contribution in [0.5, 0.6) is 0 Å². The summed E-state index contributed by atoms with van der Waals surface area (Å²) in [4.78, 5) is 23.9. The van der Waals surface area contributed by atoms with Crippen LogP contribution >= 0.6 is 0 Å². The molecule has 130 valence electrons. The standard InChI is InChI=1S/C21H23NO3/c1-14(23)18-11-10-17(13-19(18)15(2)24)21(25,20-9-6-12-22-20)16-7-4-3-5-8-16/h3-5,7-8,10-11,13,20,22,25H,6,9,12H2,1-2H3. The van der Waals surface area contributed by atoms with Gasteiger partial charge < -0.3 is 10.4 Å². The van der Waals surface area contributed by atoms with E-state index in [9.17, 15) is 14.7 Å². The minimum absolute atomic E-state index is 0.141. The largest absolute Gasteiger partial charge is 0.379 e. The molecule has 1 aliphatic rings. The lowest BCUT2D eigenvalue weighted by Crippen LogP contribution is -2.46. The molecule has 4 heteroatoms. The molecule has 2 N–H and O–H groups in total. The summed E-state index contributed by atoms with van der Waals surface area (Å²) in [5.41, 5.74) is 0.910. The fraction of sp³-hybridized carbons (Fsp3) is 0.333. The van der Waals surface area contributed by atoms with Crippen molar-refractivity contribution in [2.24, 2.45) is 0 Å². The van der Waals surface area contributed by atoms with Crippen LogP contribution in [-0.4, -0.2) is 29.3 Å². The summed E-state index contributed by atoms with van der Waals surface area (Å²) in [6, 6.07) is 14.4. The Morgan fingerprint density at radius 2 is 1.68 bits per heavy atom. The van der Waals surface area contributed by atoms with Gasteiger partial charge in [-0.3, -0.25) is 9.59 Å². The summed E-state index contributed by atoms with van der Waals surface area (Å²) in [6.45, 7) is 3.75. The van der Waals surface area contributed by atoms with Crippen molar-refractivity contribution in [3.8, 4) is 0 Å². The van der Waals surface area contributed by atoms with Gasteiger partial charge in [0.2, 0.25) is 0 Å². The first-order valence-corrected chi connectivity index (χ1v) is 8.62. The molecule has 2 aromatic rings. The Morgan fingerprint density at radius 3 is 2.24 bits per heavy atom. The van der Waals surface area contributed by atoms with Crippen molar-refractivity contribution in [1.29, 1.82) is 0 Å². The average molecular weight is 337 g/mol. The number of aliphatic hydroxyl groups is 1. The molecule has 1 aliphatic heterocycles. The van der Waals surface area contributed by atoms with Crippen molar-refractivity contribution in [3.63, 3.8) is 0 Å². The van der Waals surface area contributed by atoms with Gasteiger partial charge in [-0.1, -0.05) is 42.5 Å². The van der Waals surface area contributed by atoms with Crippen LogP contribution in [0.4, 0.5) is 0 Å². The second kappa shape index (κ2) is 6.90. The fourth-order valence-electron chi connectivity index (χ4n) is 3.68. The number of hydrogen-bond donors (Lipinski definition) is 2. The van der Waals surface area contributed by atoms with E-state index < -0.39 is 5.60 Å². The van der Waals surface area contributed by atoms with E-state index in [2.05, 4.69) is 5.32 Å². The molecule has 25 heavy (non-hydrogen) atoms. The van der Waals surface area contributed by atoms with Crippen molar-refractivity contribution in [2.75, 3.05) is 6.54 Å². The molecule has 2 aromatic carbocycles. The quantitative estimate of drug-likeness (QED) is 0.823. The highest BCUT2D eigenvalue weighted by Crippen LogP contribution is 2.37. The van der Waals surface area contributed by atoms with Gasteiger partial charge in [0.25, 0.3) is 0 Å². The third kappa shape index (κ3) is 3.15. The first kappa shape index (κ1) is 17.5. The minimum Gasteiger partial charge on any atom is -0.379 e. The maximum Gasteiger partial charge on any atom is 0.160 e. The highest BCUT2D eigenvalue weighted by molar-refractivity contribution is 6.07. The number of nitrogens with one attached hydrogen (secondary N) is 1. The van der Waals surface area contributed by atoms with Gasteiger partial charge in [-0.25, -0.2) is 0 Å². The molecule has 0 bridgehead atoms. The van der Waals surface area contributed by atoms with Crippen LogP contribution in [0.15, 0.2) is 48.5 Å². The van der Waals surface area contributed by atoms with E-state index in [0.29, 0.717) is 16.7 Å². The van der Waals surface area contributed by atoms with E-state index in [4.69, 9.17) is 0 Å². The predicted octanol–water partition coefficient (Wildman–Crippen LogP) is 3.08. The second-order valence-corrected chi connectivity index (χ2v) is 6.65. The van der Waals surface area contributed by atoms with Crippen LogP contribution in [0.3, 0.4) is 0 Å². The molecule has 4 nitrogen and oxygen atoms in total. The van der Waals surface area contributed by atoms with Crippen molar-refractivity contribution in [1.82, 2.24) is 5.32 Å². The van der Waals surface area contributed by atoms with Gasteiger partial charge in [0, 0.05) is 17.2 Å². The van der Waals surface area contributed by atoms with E-state index in [1.165, 1.54) is 13.8 Å². The minimum atomic E-state index is -1.25. The molecule has 0 spiro atoms. The number of rotatable bonds is 5. The topological polar surface area (TPSA) is 66.4 Å². The van der Waals surface area contributed by atoms with Crippen LogP contribution in [-0.2, 0) is 5.60 Å². The SMILES string of the molecule is CC(=O)c1ccc(C(O)(c2ccccc2)C2CCCN2)cc1C(C)=O. The molecule has 1 heterocycles. The fourth-order valence-corrected chi connectivity index (χ4v) is 3.68. The lowest BCUT2D eigenvalue weighted by molar-refractivity contribution is 0.0441. The van der Waals surface area contributed by atoms with E-state index in [0.717, 1.165) is 24.9 Å². The Labute approximate surface area is 147 Å². The molecular weight excluding hydrogens is 314 g/mol. The second-order valence-electron chi connectivity index (χ2n) is 6.65. The van der Waals surface area contributed by atoms with E-state index in [-0.39, 0.29) is 17.6 Å². The Kier molecular flexibility index (Phi) is 4.84. The number of carbonyl (C=O) groups is 2. The third-order valence-electron chi connectivity index (χ3n) is 5.00. The van der Waals surface area contributed by atoms with E-state index in [1.807, 2.05) is 30.3 Å². The highest BCUT2D eigenvalue weighted by atomic mass is 16.3. The maximum absolute atomic E-state index is 12.1. The number of ketones is 2. The van der Waals surface area contributed by atoms with Crippen LogP contribution < -0.4 is 5.32 Å². The molecule has 0 saturated carbocycles. The van der Waals surface area contributed by atoms with Crippen LogP contribution in [0.25, 0.3) is 0 Å². The lowest BCUT2D eigenvalue weighted by atomic mass is 9.78. The molecule has 0 aliphatic carbocycles. The molecule has 2 unspecified atom stereocenters. The molecule has 1 saturated heterocycles. The zero-order chi connectivity index (χ0) is 18.0. The highest BCUT2D eigenvalue weighted by Gasteiger charge is 2.41. The summed E-state index contributed by atoms with van der Waals surface area (Å²) < 4.78 is 0. The molecule has 1 fully saturated rings. The summed E-state index contributed by atoms with van der Waals surface area (Å²) in [5.74, 6) is -0.333. The monoisotopic (exact) mass is 337 g/mol. The lowest BCUT2D eigenvalue weighted by Gasteiger charge is -2.35. The number of hydrogen-bond acceptors (Lipinski definition) is 4. The zero-order valence-electron chi connectivity index (χ0n) is 14.6.